The average molecular weight is 397 g/mol. The monoisotopic (exact) mass is 396 g/mol. The lowest BCUT2D eigenvalue weighted by Gasteiger charge is -2.31. The number of nitrogens with zero attached hydrogens (tertiary/aromatic N) is 3. The minimum absolute atomic E-state index is 0.0165. The van der Waals surface area contributed by atoms with E-state index in [-0.39, 0.29) is 17.8 Å². The smallest absolute Gasteiger partial charge is 0.348 e. The summed E-state index contributed by atoms with van der Waals surface area (Å²) in [5.74, 6) is -1.57. The summed E-state index contributed by atoms with van der Waals surface area (Å²) in [6.45, 7) is 0. The zero-order valence-corrected chi connectivity index (χ0v) is 14.5. The summed E-state index contributed by atoms with van der Waals surface area (Å²) >= 11 is 5.92. The Balaban J connectivity index is 1.78. The van der Waals surface area contributed by atoms with Crippen molar-refractivity contribution in [2.45, 2.75) is 24.7 Å². The Morgan fingerprint density at radius 1 is 1.00 bits per heavy atom. The Morgan fingerprint density at radius 2 is 1.63 bits per heavy atom. The summed E-state index contributed by atoms with van der Waals surface area (Å²) < 4.78 is 53.8. The van der Waals surface area contributed by atoms with Gasteiger partial charge in [0.1, 0.15) is 5.82 Å². The van der Waals surface area contributed by atoms with Crippen LogP contribution in [0.4, 0.5) is 23.5 Å². The quantitative estimate of drug-likeness (QED) is 0.603. The molecule has 2 aromatic carbocycles. The van der Waals surface area contributed by atoms with Crippen molar-refractivity contribution in [3.63, 3.8) is 0 Å². The maximum absolute atomic E-state index is 13.2. The van der Waals surface area contributed by atoms with Gasteiger partial charge in [0.05, 0.1) is 12.1 Å². The number of hydrogen-bond acceptors (Lipinski definition) is 3. The van der Waals surface area contributed by atoms with Crippen molar-refractivity contribution in [1.82, 2.24) is 14.8 Å². The van der Waals surface area contributed by atoms with Crippen LogP contribution < -0.4 is 5.32 Å². The van der Waals surface area contributed by atoms with Crippen LogP contribution in [0, 0.1) is 5.82 Å². The molecule has 0 amide bonds. The molecule has 0 radical (unpaired) electrons. The molecule has 9 heteroatoms. The molecule has 4 nitrogen and oxygen atoms in total. The predicted octanol–water partition coefficient (Wildman–Crippen LogP) is 5.24. The van der Waals surface area contributed by atoms with E-state index in [0.717, 1.165) is 11.1 Å². The third-order valence-corrected chi connectivity index (χ3v) is 4.72. The van der Waals surface area contributed by atoms with E-state index in [9.17, 15) is 17.6 Å². The minimum Gasteiger partial charge on any atom is -0.348 e. The number of fused-ring (bicyclic) bond motifs is 1. The van der Waals surface area contributed by atoms with Crippen LogP contribution >= 0.6 is 11.6 Å². The number of halogens is 5. The lowest BCUT2D eigenvalue weighted by molar-refractivity contribution is -0.145. The molecule has 1 N–H and O–H groups in total. The van der Waals surface area contributed by atoms with Crippen LogP contribution in [0.25, 0.3) is 0 Å². The van der Waals surface area contributed by atoms with Gasteiger partial charge in [-0.05, 0) is 41.8 Å². The second kappa shape index (κ2) is 6.53. The van der Waals surface area contributed by atoms with Crippen LogP contribution in [0.15, 0.2) is 48.5 Å². The van der Waals surface area contributed by atoms with Gasteiger partial charge in [-0.15, -0.1) is 5.10 Å². The summed E-state index contributed by atoms with van der Waals surface area (Å²) in [6, 6.07) is 11.9. The highest BCUT2D eigenvalue weighted by molar-refractivity contribution is 6.30. The van der Waals surface area contributed by atoms with Gasteiger partial charge in [-0.2, -0.15) is 18.2 Å². The molecule has 3 aromatic rings. The van der Waals surface area contributed by atoms with Gasteiger partial charge in [-0.1, -0.05) is 35.9 Å². The van der Waals surface area contributed by atoms with Crippen LogP contribution in [0.5, 0.6) is 0 Å². The molecule has 0 aliphatic carbocycles. The first kappa shape index (κ1) is 17.8. The molecule has 0 unspecified atom stereocenters. The number of nitrogens with one attached hydrogen (secondary N) is 1. The van der Waals surface area contributed by atoms with Gasteiger partial charge in [0.2, 0.25) is 5.95 Å². The highest BCUT2D eigenvalue weighted by Crippen LogP contribution is 2.39. The van der Waals surface area contributed by atoms with Gasteiger partial charge in [-0.3, -0.25) is 0 Å². The SMILES string of the molecule is Fc1ccc([C@@H]2C[C@@H](c3ccc(Cl)cc3)n3nc(C(F)(F)F)nc3N2)cc1. The molecule has 0 saturated heterocycles. The van der Waals surface area contributed by atoms with Crippen LogP contribution in [0.3, 0.4) is 0 Å². The molecule has 2 atom stereocenters. The van der Waals surface area contributed by atoms with Crippen molar-refractivity contribution >= 4 is 17.5 Å². The first-order valence-electron chi connectivity index (χ1n) is 8.12. The van der Waals surface area contributed by atoms with Crippen molar-refractivity contribution in [1.29, 1.82) is 0 Å². The van der Waals surface area contributed by atoms with Crippen molar-refractivity contribution in [3.8, 4) is 0 Å². The van der Waals surface area contributed by atoms with E-state index in [1.807, 2.05) is 0 Å². The Kier molecular flexibility index (Phi) is 4.30. The van der Waals surface area contributed by atoms with E-state index in [4.69, 9.17) is 11.6 Å². The third-order valence-electron chi connectivity index (χ3n) is 4.47. The normalized spacial score (nSPS) is 19.4. The highest BCUT2D eigenvalue weighted by atomic mass is 35.5. The number of rotatable bonds is 2. The van der Waals surface area contributed by atoms with Gasteiger partial charge in [0.15, 0.2) is 0 Å². The van der Waals surface area contributed by atoms with Crippen LogP contribution in [-0.4, -0.2) is 14.8 Å². The number of alkyl halides is 3. The summed E-state index contributed by atoms with van der Waals surface area (Å²) in [5.41, 5.74) is 1.51. The lowest BCUT2D eigenvalue weighted by atomic mass is 9.93. The standard InChI is InChI=1S/C18H13ClF4N4/c19-12-5-1-11(2-6-12)15-9-14(10-3-7-13(20)8-4-10)24-17-25-16(18(21,22)23)26-27(15)17/h1-8,14-15H,9H2,(H,24,25,26)/t14-,15-/m0/s1. The van der Waals surface area contributed by atoms with E-state index in [1.165, 1.54) is 16.8 Å². The maximum Gasteiger partial charge on any atom is 0.453 e. The fraction of sp³-hybridized carbons (Fsp3) is 0.222. The second-order valence-corrected chi connectivity index (χ2v) is 6.69. The van der Waals surface area contributed by atoms with Gasteiger partial charge in [0.25, 0.3) is 5.82 Å². The molecule has 0 spiro atoms. The molecule has 1 aromatic heterocycles. The maximum atomic E-state index is 13.2. The molecule has 2 heterocycles. The summed E-state index contributed by atoms with van der Waals surface area (Å²) in [6.07, 6.45) is -4.23. The summed E-state index contributed by atoms with van der Waals surface area (Å²) in [7, 11) is 0. The van der Waals surface area contributed by atoms with Gasteiger partial charge in [0, 0.05) is 5.02 Å². The van der Waals surface area contributed by atoms with Gasteiger partial charge >= 0.3 is 6.18 Å². The molecule has 140 valence electrons. The fourth-order valence-electron chi connectivity index (χ4n) is 3.17. The summed E-state index contributed by atoms with van der Waals surface area (Å²) in [4.78, 5) is 3.62. The number of aromatic nitrogens is 3. The summed E-state index contributed by atoms with van der Waals surface area (Å²) in [5, 5.41) is 7.17. The molecule has 0 bridgehead atoms. The van der Waals surface area contributed by atoms with E-state index in [2.05, 4.69) is 15.4 Å². The van der Waals surface area contributed by atoms with E-state index < -0.39 is 18.0 Å². The highest BCUT2D eigenvalue weighted by Gasteiger charge is 2.40. The third kappa shape index (κ3) is 3.49. The van der Waals surface area contributed by atoms with Crippen LogP contribution in [0.1, 0.15) is 35.5 Å². The molecule has 27 heavy (non-hydrogen) atoms. The molecule has 4 rings (SSSR count). The first-order valence-corrected chi connectivity index (χ1v) is 8.50. The lowest BCUT2D eigenvalue weighted by Crippen LogP contribution is -2.28. The van der Waals surface area contributed by atoms with Gasteiger partial charge < -0.3 is 5.32 Å². The largest absolute Gasteiger partial charge is 0.453 e. The topological polar surface area (TPSA) is 42.7 Å². The molecule has 0 fully saturated rings. The fourth-order valence-corrected chi connectivity index (χ4v) is 3.30. The van der Waals surface area contributed by atoms with E-state index >= 15 is 0 Å². The zero-order chi connectivity index (χ0) is 19.2. The van der Waals surface area contributed by atoms with Crippen molar-refractivity contribution in [2.75, 3.05) is 5.32 Å². The Morgan fingerprint density at radius 3 is 2.26 bits per heavy atom. The second-order valence-electron chi connectivity index (χ2n) is 6.25. The minimum atomic E-state index is -4.65. The van der Waals surface area contributed by atoms with Crippen molar-refractivity contribution < 1.29 is 17.6 Å². The molecular formula is C18H13ClF4N4. The number of hydrogen-bond donors (Lipinski definition) is 1. The van der Waals surface area contributed by atoms with Crippen LogP contribution in [0.2, 0.25) is 5.02 Å². The average Bonchev–Trinajstić information content (AvgIpc) is 3.07. The Hall–Kier alpha value is -2.61. The van der Waals surface area contributed by atoms with Crippen molar-refractivity contribution in [2.24, 2.45) is 0 Å². The van der Waals surface area contributed by atoms with E-state index in [1.54, 1.807) is 36.4 Å². The molecule has 0 saturated carbocycles. The van der Waals surface area contributed by atoms with Crippen LogP contribution in [-0.2, 0) is 6.18 Å². The number of anilines is 1. The number of benzene rings is 2. The molecular weight excluding hydrogens is 384 g/mol. The zero-order valence-electron chi connectivity index (χ0n) is 13.7. The first-order chi connectivity index (χ1) is 12.8. The molecule has 1 aliphatic rings. The van der Waals surface area contributed by atoms with Gasteiger partial charge in [-0.25, -0.2) is 9.07 Å². The molecule has 1 aliphatic heterocycles. The Labute approximate surface area is 156 Å². The van der Waals surface area contributed by atoms with Crippen molar-refractivity contribution in [3.05, 3.63) is 76.3 Å². The predicted molar refractivity (Wildman–Crippen MR) is 92.0 cm³/mol. The Bertz CT molecular complexity index is 951. The van der Waals surface area contributed by atoms with E-state index in [0.29, 0.717) is 11.4 Å².